The second-order valence-corrected chi connectivity index (χ2v) is 4.53. The molecular formula is C14H23NO. The van der Waals surface area contributed by atoms with Crippen LogP contribution < -0.4 is 5.32 Å². The normalized spacial score (nSPS) is 16.8. The van der Waals surface area contributed by atoms with Gasteiger partial charge in [0.1, 0.15) is 0 Å². The van der Waals surface area contributed by atoms with Crippen molar-refractivity contribution in [2.24, 2.45) is 0 Å². The summed E-state index contributed by atoms with van der Waals surface area (Å²) in [6.45, 7) is 8.55. The monoisotopic (exact) mass is 221 g/mol. The molecule has 2 heteroatoms. The van der Waals surface area contributed by atoms with E-state index >= 15 is 0 Å². The fourth-order valence-electron chi connectivity index (χ4n) is 1.77. The van der Waals surface area contributed by atoms with E-state index in [-0.39, 0.29) is 6.10 Å². The average molecular weight is 221 g/mol. The van der Waals surface area contributed by atoms with Crippen LogP contribution in [0.25, 0.3) is 0 Å². The van der Waals surface area contributed by atoms with Gasteiger partial charge < -0.3 is 10.1 Å². The summed E-state index contributed by atoms with van der Waals surface area (Å²) >= 11 is 0. The topological polar surface area (TPSA) is 21.3 Å². The SMILES string of the molecule is COC(C)C(C)N[C@H](C)c1cccc(C)c1. The largest absolute Gasteiger partial charge is 0.380 e. The molecule has 3 atom stereocenters. The van der Waals surface area contributed by atoms with Gasteiger partial charge in [-0.05, 0) is 33.3 Å². The smallest absolute Gasteiger partial charge is 0.0693 e. The molecule has 0 saturated carbocycles. The molecule has 16 heavy (non-hydrogen) atoms. The van der Waals surface area contributed by atoms with Crippen molar-refractivity contribution >= 4 is 0 Å². The molecule has 90 valence electrons. The molecule has 2 unspecified atom stereocenters. The van der Waals surface area contributed by atoms with Gasteiger partial charge in [0.15, 0.2) is 0 Å². The molecule has 0 aliphatic heterocycles. The van der Waals surface area contributed by atoms with Crippen molar-refractivity contribution in [2.45, 2.75) is 45.9 Å². The molecule has 0 aliphatic rings. The zero-order valence-corrected chi connectivity index (χ0v) is 10.9. The Morgan fingerprint density at radius 3 is 2.44 bits per heavy atom. The summed E-state index contributed by atoms with van der Waals surface area (Å²) in [5.74, 6) is 0. The summed E-state index contributed by atoms with van der Waals surface area (Å²) in [7, 11) is 1.75. The van der Waals surface area contributed by atoms with Crippen LogP contribution in [-0.4, -0.2) is 19.3 Å². The minimum Gasteiger partial charge on any atom is -0.380 e. The highest BCUT2D eigenvalue weighted by Crippen LogP contribution is 2.15. The number of hydrogen-bond acceptors (Lipinski definition) is 2. The molecule has 1 aromatic rings. The van der Waals surface area contributed by atoms with E-state index in [9.17, 15) is 0 Å². The maximum absolute atomic E-state index is 5.31. The van der Waals surface area contributed by atoms with Crippen LogP contribution in [0.1, 0.15) is 37.9 Å². The number of methoxy groups -OCH3 is 1. The molecular weight excluding hydrogens is 198 g/mol. The van der Waals surface area contributed by atoms with Gasteiger partial charge in [-0.3, -0.25) is 0 Å². The highest BCUT2D eigenvalue weighted by atomic mass is 16.5. The predicted octanol–water partition coefficient (Wildman–Crippen LogP) is 3.07. The van der Waals surface area contributed by atoms with Crippen LogP contribution in [0.3, 0.4) is 0 Å². The number of benzene rings is 1. The Morgan fingerprint density at radius 2 is 1.88 bits per heavy atom. The van der Waals surface area contributed by atoms with Crippen molar-refractivity contribution in [1.82, 2.24) is 5.32 Å². The second kappa shape index (κ2) is 6.02. The van der Waals surface area contributed by atoms with Crippen LogP contribution in [0.5, 0.6) is 0 Å². The van der Waals surface area contributed by atoms with E-state index < -0.39 is 0 Å². The number of nitrogens with one attached hydrogen (secondary N) is 1. The molecule has 0 fully saturated rings. The molecule has 0 spiro atoms. The quantitative estimate of drug-likeness (QED) is 0.825. The van der Waals surface area contributed by atoms with Gasteiger partial charge in [-0.2, -0.15) is 0 Å². The molecule has 0 radical (unpaired) electrons. The first-order valence-corrected chi connectivity index (χ1v) is 5.90. The zero-order chi connectivity index (χ0) is 12.1. The lowest BCUT2D eigenvalue weighted by Crippen LogP contribution is -2.38. The lowest BCUT2D eigenvalue weighted by Gasteiger charge is -2.24. The Balaban J connectivity index is 2.61. The molecule has 1 aromatic carbocycles. The third-order valence-electron chi connectivity index (χ3n) is 3.13. The van der Waals surface area contributed by atoms with Crippen LogP contribution in [0.2, 0.25) is 0 Å². The Labute approximate surface area is 99.0 Å². The van der Waals surface area contributed by atoms with E-state index in [2.05, 4.69) is 57.3 Å². The maximum atomic E-state index is 5.31. The van der Waals surface area contributed by atoms with Crippen LogP contribution in [0.4, 0.5) is 0 Å². The first-order chi connectivity index (χ1) is 7.54. The van der Waals surface area contributed by atoms with Crippen LogP contribution >= 0.6 is 0 Å². The Hall–Kier alpha value is -0.860. The Kier molecular flexibility index (Phi) is 4.97. The van der Waals surface area contributed by atoms with E-state index in [0.29, 0.717) is 12.1 Å². The zero-order valence-electron chi connectivity index (χ0n) is 10.9. The number of rotatable bonds is 5. The van der Waals surface area contributed by atoms with Gasteiger partial charge in [-0.15, -0.1) is 0 Å². The van der Waals surface area contributed by atoms with Crippen molar-refractivity contribution in [1.29, 1.82) is 0 Å². The van der Waals surface area contributed by atoms with E-state index in [0.717, 1.165) is 0 Å². The standard InChI is InChI=1S/C14H23NO/c1-10-7-6-8-14(9-10)12(3)15-11(2)13(4)16-5/h6-9,11-13,15H,1-5H3/t11?,12-,13?/m1/s1. The number of ether oxygens (including phenoxy) is 1. The van der Waals surface area contributed by atoms with Crippen molar-refractivity contribution in [3.63, 3.8) is 0 Å². The summed E-state index contributed by atoms with van der Waals surface area (Å²) in [5, 5.41) is 3.55. The Bertz CT molecular complexity index is 324. The molecule has 0 aliphatic carbocycles. The van der Waals surface area contributed by atoms with Gasteiger partial charge in [0, 0.05) is 19.2 Å². The summed E-state index contributed by atoms with van der Waals surface area (Å²) in [5.41, 5.74) is 2.63. The molecule has 0 heterocycles. The fraction of sp³-hybridized carbons (Fsp3) is 0.571. The van der Waals surface area contributed by atoms with E-state index in [1.54, 1.807) is 7.11 Å². The molecule has 0 bridgehead atoms. The van der Waals surface area contributed by atoms with Crippen molar-refractivity contribution < 1.29 is 4.74 Å². The highest BCUT2D eigenvalue weighted by Gasteiger charge is 2.14. The second-order valence-electron chi connectivity index (χ2n) is 4.53. The van der Waals surface area contributed by atoms with Crippen molar-refractivity contribution in [3.05, 3.63) is 35.4 Å². The van der Waals surface area contributed by atoms with Gasteiger partial charge in [0.2, 0.25) is 0 Å². The van der Waals surface area contributed by atoms with Gasteiger partial charge in [0.05, 0.1) is 6.10 Å². The third kappa shape index (κ3) is 3.62. The summed E-state index contributed by atoms with van der Waals surface area (Å²) in [4.78, 5) is 0. The molecule has 0 saturated heterocycles. The number of aryl methyl sites for hydroxylation is 1. The minimum absolute atomic E-state index is 0.229. The lowest BCUT2D eigenvalue weighted by molar-refractivity contribution is 0.0852. The van der Waals surface area contributed by atoms with Gasteiger partial charge >= 0.3 is 0 Å². The summed E-state index contributed by atoms with van der Waals surface area (Å²) in [6, 6.07) is 9.31. The molecule has 2 nitrogen and oxygen atoms in total. The van der Waals surface area contributed by atoms with Gasteiger partial charge in [-0.25, -0.2) is 0 Å². The lowest BCUT2D eigenvalue weighted by atomic mass is 10.0. The van der Waals surface area contributed by atoms with E-state index in [4.69, 9.17) is 4.74 Å². The fourth-order valence-corrected chi connectivity index (χ4v) is 1.77. The molecule has 1 rings (SSSR count). The Morgan fingerprint density at radius 1 is 1.19 bits per heavy atom. The first kappa shape index (κ1) is 13.2. The summed E-state index contributed by atoms with van der Waals surface area (Å²) < 4.78 is 5.31. The molecule has 1 N–H and O–H groups in total. The van der Waals surface area contributed by atoms with Crippen LogP contribution in [-0.2, 0) is 4.74 Å². The van der Waals surface area contributed by atoms with Crippen LogP contribution in [0, 0.1) is 6.92 Å². The molecule has 0 aromatic heterocycles. The minimum atomic E-state index is 0.229. The average Bonchev–Trinajstić information content (AvgIpc) is 2.27. The van der Waals surface area contributed by atoms with Gasteiger partial charge in [0.25, 0.3) is 0 Å². The van der Waals surface area contributed by atoms with Crippen LogP contribution in [0.15, 0.2) is 24.3 Å². The third-order valence-corrected chi connectivity index (χ3v) is 3.13. The maximum Gasteiger partial charge on any atom is 0.0693 e. The van der Waals surface area contributed by atoms with Crippen molar-refractivity contribution in [2.75, 3.05) is 7.11 Å². The number of hydrogen-bond donors (Lipinski definition) is 1. The molecule has 0 amide bonds. The summed E-state index contributed by atoms with van der Waals surface area (Å²) in [6.07, 6.45) is 0.229. The first-order valence-electron chi connectivity index (χ1n) is 5.90. The van der Waals surface area contributed by atoms with E-state index in [1.807, 2.05) is 0 Å². The van der Waals surface area contributed by atoms with Crippen molar-refractivity contribution in [3.8, 4) is 0 Å². The van der Waals surface area contributed by atoms with Gasteiger partial charge in [-0.1, -0.05) is 29.8 Å². The highest BCUT2D eigenvalue weighted by molar-refractivity contribution is 5.24. The predicted molar refractivity (Wildman–Crippen MR) is 68.7 cm³/mol. The van der Waals surface area contributed by atoms with E-state index in [1.165, 1.54) is 11.1 Å².